The molecule has 5 nitrogen and oxygen atoms in total. The minimum absolute atomic E-state index is 0.332. The average molecular weight is 273 g/mol. The van der Waals surface area contributed by atoms with E-state index < -0.39 is 0 Å². The Morgan fingerprint density at radius 3 is 2.25 bits per heavy atom. The van der Waals surface area contributed by atoms with E-state index in [0.29, 0.717) is 0 Å². The number of benzene rings is 1. The predicted molar refractivity (Wildman–Crippen MR) is 79.0 cm³/mol. The topological polar surface area (TPSA) is 49.2 Å². The van der Waals surface area contributed by atoms with Crippen molar-refractivity contribution in [1.29, 1.82) is 0 Å². The highest BCUT2D eigenvalue weighted by Gasteiger charge is 2.52. The van der Waals surface area contributed by atoms with Gasteiger partial charge in [-0.2, -0.15) is 15.0 Å². The quantitative estimate of drug-likeness (QED) is 0.740. The van der Waals surface area contributed by atoms with Crippen molar-refractivity contribution in [2.75, 3.05) is 0 Å². The molecule has 1 aliphatic rings. The maximum Gasteiger partial charge on any atom is 0.495 e. The first-order chi connectivity index (χ1) is 9.21. The van der Waals surface area contributed by atoms with Crippen molar-refractivity contribution in [3.05, 3.63) is 17.7 Å². The summed E-state index contributed by atoms with van der Waals surface area (Å²) >= 11 is 0. The van der Waals surface area contributed by atoms with E-state index in [4.69, 9.17) is 9.31 Å². The van der Waals surface area contributed by atoms with Gasteiger partial charge in [0, 0.05) is 7.05 Å². The van der Waals surface area contributed by atoms with Gasteiger partial charge in [-0.1, -0.05) is 6.07 Å². The summed E-state index contributed by atoms with van der Waals surface area (Å²) in [5.41, 5.74) is 3.22. The summed E-state index contributed by atoms with van der Waals surface area (Å²) in [6, 6.07) is 3.99. The summed E-state index contributed by atoms with van der Waals surface area (Å²) < 4.78 is 12.2. The molecule has 6 heteroatoms. The van der Waals surface area contributed by atoms with Crippen molar-refractivity contribution >= 4 is 23.6 Å². The third kappa shape index (κ3) is 1.86. The Hall–Kier alpha value is -1.40. The fourth-order valence-corrected chi connectivity index (χ4v) is 2.46. The fraction of sp³-hybridized carbons (Fsp3) is 0.571. The van der Waals surface area contributed by atoms with Gasteiger partial charge >= 0.3 is 7.12 Å². The number of rotatable bonds is 1. The van der Waals surface area contributed by atoms with Crippen molar-refractivity contribution < 1.29 is 9.31 Å². The lowest BCUT2D eigenvalue weighted by atomic mass is 9.76. The average Bonchev–Trinajstić information content (AvgIpc) is 2.78. The Balaban J connectivity index is 2.06. The molecular formula is C14H20BN3O2. The second-order valence-electron chi connectivity index (χ2n) is 6.43. The Morgan fingerprint density at radius 2 is 1.65 bits per heavy atom. The molecule has 0 atom stereocenters. The summed E-state index contributed by atoms with van der Waals surface area (Å²) in [7, 11) is 1.47. The molecule has 0 aliphatic carbocycles. The molecule has 0 N–H and O–H groups in total. The minimum atomic E-state index is -0.355. The van der Waals surface area contributed by atoms with Crippen LogP contribution in [0.4, 0.5) is 0 Å². The van der Waals surface area contributed by atoms with Crippen LogP contribution in [0.15, 0.2) is 12.1 Å². The lowest BCUT2D eigenvalue weighted by Gasteiger charge is -2.32. The van der Waals surface area contributed by atoms with Crippen LogP contribution in [-0.2, 0) is 16.4 Å². The normalized spacial score (nSPS) is 20.8. The SMILES string of the molecule is Cc1c(B2OC(C)(C)C(C)(C)O2)ccc2nn(C)nc12. The second kappa shape index (κ2) is 4.05. The highest BCUT2D eigenvalue weighted by Crippen LogP contribution is 2.36. The fourth-order valence-electron chi connectivity index (χ4n) is 2.46. The monoisotopic (exact) mass is 273 g/mol. The molecule has 0 unspecified atom stereocenters. The van der Waals surface area contributed by atoms with Gasteiger partial charge in [-0.25, -0.2) is 0 Å². The van der Waals surface area contributed by atoms with Crippen molar-refractivity contribution in [2.24, 2.45) is 7.05 Å². The van der Waals surface area contributed by atoms with Gasteiger partial charge in [0.25, 0.3) is 0 Å². The van der Waals surface area contributed by atoms with Crippen molar-refractivity contribution in [3.8, 4) is 0 Å². The van der Waals surface area contributed by atoms with Gasteiger partial charge in [0.1, 0.15) is 11.0 Å². The number of hydrogen-bond acceptors (Lipinski definition) is 4. The van der Waals surface area contributed by atoms with Crippen LogP contribution in [0.25, 0.3) is 11.0 Å². The molecule has 1 saturated heterocycles. The molecule has 1 aliphatic heterocycles. The van der Waals surface area contributed by atoms with Gasteiger partial charge in [-0.15, -0.1) is 0 Å². The number of fused-ring (bicyclic) bond motifs is 1. The highest BCUT2D eigenvalue weighted by molar-refractivity contribution is 6.63. The molecule has 0 bridgehead atoms. The van der Waals surface area contributed by atoms with E-state index in [1.54, 1.807) is 4.80 Å². The Kier molecular flexibility index (Phi) is 2.75. The second-order valence-corrected chi connectivity index (χ2v) is 6.43. The van der Waals surface area contributed by atoms with E-state index in [0.717, 1.165) is 22.1 Å². The Bertz CT molecular complexity index is 662. The van der Waals surface area contributed by atoms with Crippen LogP contribution in [0, 0.1) is 6.92 Å². The zero-order valence-corrected chi connectivity index (χ0v) is 12.9. The molecule has 0 saturated carbocycles. The lowest BCUT2D eigenvalue weighted by molar-refractivity contribution is 0.00578. The van der Waals surface area contributed by atoms with Crippen LogP contribution in [0.5, 0.6) is 0 Å². The molecular weight excluding hydrogens is 253 g/mol. The first-order valence-corrected chi connectivity index (χ1v) is 6.87. The Labute approximate surface area is 119 Å². The Morgan fingerprint density at radius 1 is 1.05 bits per heavy atom. The van der Waals surface area contributed by atoms with E-state index in [9.17, 15) is 0 Å². The first-order valence-electron chi connectivity index (χ1n) is 6.87. The van der Waals surface area contributed by atoms with E-state index in [1.807, 2.05) is 26.1 Å². The lowest BCUT2D eigenvalue weighted by Crippen LogP contribution is -2.41. The molecule has 2 aromatic rings. The van der Waals surface area contributed by atoms with Crippen LogP contribution < -0.4 is 5.46 Å². The zero-order chi connectivity index (χ0) is 14.7. The van der Waals surface area contributed by atoms with Crippen LogP contribution in [0.2, 0.25) is 0 Å². The number of aryl methyl sites for hydroxylation is 2. The minimum Gasteiger partial charge on any atom is -0.399 e. The maximum absolute atomic E-state index is 6.11. The molecule has 2 heterocycles. The van der Waals surface area contributed by atoms with Gasteiger partial charge in [0.05, 0.1) is 11.2 Å². The molecule has 1 aromatic heterocycles. The van der Waals surface area contributed by atoms with Gasteiger partial charge in [-0.05, 0) is 51.7 Å². The summed E-state index contributed by atoms with van der Waals surface area (Å²) in [5.74, 6) is 0. The predicted octanol–water partition coefficient (Wildman–Crippen LogP) is 1.58. The maximum atomic E-state index is 6.11. The van der Waals surface area contributed by atoms with Crippen LogP contribution in [-0.4, -0.2) is 33.3 Å². The van der Waals surface area contributed by atoms with Gasteiger partial charge in [0.15, 0.2) is 0 Å². The van der Waals surface area contributed by atoms with Crippen LogP contribution in [0.1, 0.15) is 33.3 Å². The first kappa shape index (κ1) is 13.6. The largest absolute Gasteiger partial charge is 0.495 e. The summed E-state index contributed by atoms with van der Waals surface area (Å²) in [6.45, 7) is 10.3. The summed E-state index contributed by atoms with van der Waals surface area (Å²) in [4.78, 5) is 1.59. The van der Waals surface area contributed by atoms with E-state index in [-0.39, 0.29) is 18.3 Å². The number of nitrogens with zero attached hydrogens (tertiary/aromatic N) is 3. The molecule has 0 spiro atoms. The van der Waals surface area contributed by atoms with Gasteiger partial charge < -0.3 is 9.31 Å². The molecule has 0 radical (unpaired) electrons. The molecule has 20 heavy (non-hydrogen) atoms. The van der Waals surface area contributed by atoms with E-state index in [1.165, 1.54) is 0 Å². The van der Waals surface area contributed by atoms with Crippen molar-refractivity contribution in [3.63, 3.8) is 0 Å². The van der Waals surface area contributed by atoms with Gasteiger partial charge in [0.2, 0.25) is 0 Å². The highest BCUT2D eigenvalue weighted by atomic mass is 16.7. The third-order valence-corrected chi connectivity index (χ3v) is 4.46. The van der Waals surface area contributed by atoms with E-state index >= 15 is 0 Å². The standard InChI is InChI=1S/C14H20BN3O2/c1-9-10(7-8-11-12(9)17-18(6)16-11)15-19-13(2,3)14(4,5)20-15/h7-8H,1-6H3. The van der Waals surface area contributed by atoms with Gasteiger partial charge in [-0.3, -0.25) is 0 Å². The zero-order valence-electron chi connectivity index (χ0n) is 12.9. The molecule has 1 fully saturated rings. The van der Waals surface area contributed by atoms with E-state index in [2.05, 4.69) is 37.9 Å². The van der Waals surface area contributed by atoms with Crippen molar-refractivity contribution in [1.82, 2.24) is 15.0 Å². The molecule has 106 valence electrons. The summed E-state index contributed by atoms with van der Waals surface area (Å²) in [6.07, 6.45) is 0. The van der Waals surface area contributed by atoms with Crippen molar-refractivity contribution in [2.45, 2.75) is 45.8 Å². The van der Waals surface area contributed by atoms with Crippen LogP contribution >= 0.6 is 0 Å². The summed E-state index contributed by atoms with van der Waals surface area (Å²) in [5, 5.41) is 8.73. The molecule has 0 amide bonds. The van der Waals surface area contributed by atoms with Crippen LogP contribution in [0.3, 0.4) is 0 Å². The smallest absolute Gasteiger partial charge is 0.399 e. The number of aromatic nitrogens is 3. The number of hydrogen-bond donors (Lipinski definition) is 0. The molecule has 3 rings (SSSR count). The third-order valence-electron chi connectivity index (χ3n) is 4.46. The molecule has 1 aromatic carbocycles.